The molecule has 0 radical (unpaired) electrons. The Morgan fingerprint density at radius 1 is 1.73 bits per heavy atom. The zero-order valence-electron chi connectivity index (χ0n) is 7.55. The minimum atomic E-state index is 0.325. The highest BCUT2D eigenvalue weighted by molar-refractivity contribution is 8.13. The largest absolute Gasteiger partial charge is 0.383 e. The van der Waals surface area contributed by atoms with Crippen LogP contribution in [0.3, 0.4) is 0 Å². The molecule has 0 heterocycles. The molecular formula is C7H16N2OS. The number of nitrogens with one attached hydrogen (secondary N) is 1. The summed E-state index contributed by atoms with van der Waals surface area (Å²) in [4.78, 5) is 4.04. The van der Waals surface area contributed by atoms with Crippen LogP contribution in [0.1, 0.15) is 6.92 Å². The van der Waals surface area contributed by atoms with Crippen molar-refractivity contribution >= 4 is 16.9 Å². The van der Waals surface area contributed by atoms with E-state index in [9.17, 15) is 0 Å². The zero-order chi connectivity index (χ0) is 8.69. The van der Waals surface area contributed by atoms with Gasteiger partial charge in [0, 0.05) is 20.2 Å². The number of thioether (sulfide) groups is 1. The number of aliphatic imine (C=N–C) groups is 1. The van der Waals surface area contributed by atoms with E-state index in [4.69, 9.17) is 4.74 Å². The number of hydrogen-bond donors (Lipinski definition) is 1. The summed E-state index contributed by atoms with van der Waals surface area (Å²) >= 11 is 1.61. The second-order valence-corrected chi connectivity index (χ2v) is 3.03. The molecule has 0 spiro atoms. The second-order valence-electron chi connectivity index (χ2n) is 2.23. The fraction of sp³-hybridized carbons (Fsp3) is 0.857. The second kappa shape index (κ2) is 6.49. The van der Waals surface area contributed by atoms with E-state index in [1.165, 1.54) is 0 Å². The SMILES string of the molecule is CN=C(NC(C)COC)SC. The fourth-order valence-corrected chi connectivity index (χ4v) is 1.22. The third-order valence-electron chi connectivity index (χ3n) is 1.18. The van der Waals surface area contributed by atoms with Crippen molar-refractivity contribution in [3.63, 3.8) is 0 Å². The summed E-state index contributed by atoms with van der Waals surface area (Å²) in [6, 6.07) is 0.325. The Morgan fingerprint density at radius 3 is 2.73 bits per heavy atom. The van der Waals surface area contributed by atoms with Crippen LogP contribution in [0.4, 0.5) is 0 Å². The van der Waals surface area contributed by atoms with Crippen molar-refractivity contribution in [1.82, 2.24) is 5.32 Å². The summed E-state index contributed by atoms with van der Waals surface area (Å²) in [6.45, 7) is 2.77. The lowest BCUT2D eigenvalue weighted by Gasteiger charge is -2.13. The molecular weight excluding hydrogens is 160 g/mol. The first-order valence-electron chi connectivity index (χ1n) is 3.50. The normalized spacial score (nSPS) is 14.7. The average Bonchev–Trinajstić information content (AvgIpc) is 2.01. The Morgan fingerprint density at radius 2 is 2.36 bits per heavy atom. The lowest BCUT2D eigenvalue weighted by Crippen LogP contribution is -2.33. The minimum absolute atomic E-state index is 0.325. The summed E-state index contributed by atoms with van der Waals surface area (Å²) in [5.41, 5.74) is 0. The van der Waals surface area contributed by atoms with Crippen LogP contribution >= 0.6 is 11.8 Å². The van der Waals surface area contributed by atoms with Gasteiger partial charge in [0.15, 0.2) is 5.17 Å². The molecule has 4 heteroatoms. The van der Waals surface area contributed by atoms with Crippen LogP contribution in [0.15, 0.2) is 4.99 Å². The molecule has 66 valence electrons. The van der Waals surface area contributed by atoms with E-state index in [-0.39, 0.29) is 0 Å². The molecule has 11 heavy (non-hydrogen) atoms. The van der Waals surface area contributed by atoms with Crippen LogP contribution in [0.25, 0.3) is 0 Å². The van der Waals surface area contributed by atoms with Crippen LogP contribution in [0.2, 0.25) is 0 Å². The highest BCUT2D eigenvalue weighted by Gasteiger charge is 2.01. The van der Waals surface area contributed by atoms with E-state index >= 15 is 0 Å². The Hall–Kier alpha value is -0.220. The summed E-state index contributed by atoms with van der Waals surface area (Å²) in [6.07, 6.45) is 1.99. The van der Waals surface area contributed by atoms with Crippen molar-refractivity contribution in [2.75, 3.05) is 27.0 Å². The molecule has 0 aliphatic carbocycles. The van der Waals surface area contributed by atoms with Gasteiger partial charge in [-0.05, 0) is 13.2 Å². The molecule has 1 unspecified atom stereocenters. The highest BCUT2D eigenvalue weighted by atomic mass is 32.2. The van der Waals surface area contributed by atoms with Gasteiger partial charge < -0.3 is 10.1 Å². The topological polar surface area (TPSA) is 33.6 Å². The smallest absolute Gasteiger partial charge is 0.156 e. The van der Waals surface area contributed by atoms with Gasteiger partial charge in [0.2, 0.25) is 0 Å². The maximum absolute atomic E-state index is 4.97. The van der Waals surface area contributed by atoms with E-state index in [0.717, 1.165) is 5.17 Å². The molecule has 0 aliphatic rings. The van der Waals surface area contributed by atoms with Crippen molar-refractivity contribution in [2.24, 2.45) is 4.99 Å². The van der Waals surface area contributed by atoms with Gasteiger partial charge in [0.05, 0.1) is 6.61 Å². The summed E-state index contributed by atoms with van der Waals surface area (Å²) in [7, 11) is 3.47. The maximum atomic E-state index is 4.97. The molecule has 1 atom stereocenters. The molecule has 0 saturated heterocycles. The molecule has 3 nitrogen and oxygen atoms in total. The lowest BCUT2D eigenvalue weighted by molar-refractivity contribution is 0.179. The first kappa shape index (κ1) is 10.8. The average molecular weight is 176 g/mol. The van der Waals surface area contributed by atoms with Crippen molar-refractivity contribution in [3.05, 3.63) is 0 Å². The van der Waals surface area contributed by atoms with Crippen LogP contribution in [0.5, 0.6) is 0 Å². The third kappa shape index (κ3) is 5.09. The van der Waals surface area contributed by atoms with Crippen molar-refractivity contribution in [2.45, 2.75) is 13.0 Å². The Balaban J connectivity index is 3.63. The molecule has 0 bridgehead atoms. The molecule has 0 fully saturated rings. The number of nitrogens with zero attached hydrogens (tertiary/aromatic N) is 1. The number of rotatable bonds is 3. The standard InChI is InChI=1S/C7H16N2OS/c1-6(5-10-3)9-7(8-2)11-4/h6H,5H2,1-4H3,(H,8,9). The summed E-state index contributed by atoms with van der Waals surface area (Å²) < 4.78 is 4.97. The van der Waals surface area contributed by atoms with Gasteiger partial charge in [-0.2, -0.15) is 0 Å². The minimum Gasteiger partial charge on any atom is -0.383 e. The van der Waals surface area contributed by atoms with E-state index < -0.39 is 0 Å². The quantitative estimate of drug-likeness (QED) is 0.513. The maximum Gasteiger partial charge on any atom is 0.156 e. The fourth-order valence-electron chi connectivity index (χ4n) is 0.717. The van der Waals surface area contributed by atoms with Gasteiger partial charge in [0.1, 0.15) is 0 Å². The van der Waals surface area contributed by atoms with Gasteiger partial charge in [0.25, 0.3) is 0 Å². The zero-order valence-corrected chi connectivity index (χ0v) is 8.36. The molecule has 1 N–H and O–H groups in total. The lowest BCUT2D eigenvalue weighted by atomic mass is 10.4. The van der Waals surface area contributed by atoms with Crippen LogP contribution in [0, 0.1) is 0 Å². The molecule has 0 saturated carbocycles. The van der Waals surface area contributed by atoms with Gasteiger partial charge in [-0.1, -0.05) is 11.8 Å². The Bertz CT molecular complexity index is 128. The number of hydrogen-bond acceptors (Lipinski definition) is 3. The third-order valence-corrected chi connectivity index (χ3v) is 1.87. The Kier molecular flexibility index (Phi) is 6.36. The monoisotopic (exact) mass is 176 g/mol. The first-order valence-corrected chi connectivity index (χ1v) is 4.73. The van der Waals surface area contributed by atoms with Gasteiger partial charge in [-0.3, -0.25) is 4.99 Å². The summed E-state index contributed by atoms with van der Waals surface area (Å²) in [5, 5.41) is 4.16. The predicted molar refractivity (Wildman–Crippen MR) is 51.3 cm³/mol. The number of amidine groups is 1. The van der Waals surface area contributed by atoms with Crippen LogP contribution in [-0.2, 0) is 4.74 Å². The molecule has 0 rings (SSSR count). The molecule has 0 amide bonds. The molecule has 0 aliphatic heterocycles. The van der Waals surface area contributed by atoms with Crippen molar-refractivity contribution < 1.29 is 4.74 Å². The van der Waals surface area contributed by atoms with E-state index in [0.29, 0.717) is 12.6 Å². The van der Waals surface area contributed by atoms with Crippen LogP contribution < -0.4 is 5.32 Å². The molecule has 0 aromatic carbocycles. The number of methoxy groups -OCH3 is 1. The van der Waals surface area contributed by atoms with E-state index in [1.807, 2.05) is 6.26 Å². The van der Waals surface area contributed by atoms with Gasteiger partial charge in [-0.25, -0.2) is 0 Å². The summed E-state index contributed by atoms with van der Waals surface area (Å²) in [5.74, 6) is 0. The number of ether oxygens (including phenoxy) is 1. The van der Waals surface area contributed by atoms with Crippen molar-refractivity contribution in [1.29, 1.82) is 0 Å². The first-order chi connectivity index (χ1) is 5.24. The van der Waals surface area contributed by atoms with Crippen LogP contribution in [-0.4, -0.2) is 38.2 Å². The highest BCUT2D eigenvalue weighted by Crippen LogP contribution is 1.95. The van der Waals surface area contributed by atoms with E-state index in [1.54, 1.807) is 25.9 Å². The van der Waals surface area contributed by atoms with Gasteiger partial charge in [-0.15, -0.1) is 0 Å². The predicted octanol–water partition coefficient (Wildman–Crippen LogP) is 0.960. The Labute approximate surface area is 72.6 Å². The molecule has 0 aromatic rings. The van der Waals surface area contributed by atoms with E-state index in [2.05, 4.69) is 17.2 Å². The molecule has 0 aromatic heterocycles. The van der Waals surface area contributed by atoms with Crippen molar-refractivity contribution in [3.8, 4) is 0 Å². The van der Waals surface area contributed by atoms with Gasteiger partial charge >= 0.3 is 0 Å².